The number of nitrogens with zero attached hydrogens (tertiary/aromatic N) is 1. The van der Waals surface area contributed by atoms with Gasteiger partial charge in [-0.15, -0.1) is 0 Å². The largest absolute Gasteiger partial charge is 0.491 e. The lowest BCUT2D eigenvalue weighted by Crippen LogP contribution is -2.43. The molecule has 2 heterocycles. The zero-order valence-electron chi connectivity index (χ0n) is 11.8. The van der Waals surface area contributed by atoms with E-state index in [2.05, 4.69) is 5.32 Å². The van der Waals surface area contributed by atoms with Crippen LogP contribution in [-0.2, 0) is 11.3 Å². The minimum absolute atomic E-state index is 0.0816. The molecule has 3 rings (SSSR count). The lowest BCUT2D eigenvalue weighted by atomic mass is 10.2. The molecule has 0 bridgehead atoms. The average molecular weight is 311 g/mol. The molecule has 0 aliphatic carbocycles. The third-order valence-corrected chi connectivity index (χ3v) is 4.03. The van der Waals surface area contributed by atoms with Gasteiger partial charge in [-0.25, -0.2) is 4.79 Å². The number of hydrogen-bond donors (Lipinski definition) is 1. The number of benzene rings is 1. The van der Waals surface area contributed by atoms with E-state index in [-0.39, 0.29) is 12.1 Å². The number of ether oxygens (including phenoxy) is 2. The van der Waals surface area contributed by atoms with Crippen molar-refractivity contribution >= 4 is 17.6 Å². The summed E-state index contributed by atoms with van der Waals surface area (Å²) in [5.74, 6) is 0.800. The Morgan fingerprint density at radius 1 is 1.43 bits per heavy atom. The van der Waals surface area contributed by atoms with Crippen LogP contribution < -0.4 is 10.1 Å². The first-order valence-corrected chi connectivity index (χ1v) is 7.66. The van der Waals surface area contributed by atoms with Crippen molar-refractivity contribution in [2.75, 3.05) is 26.3 Å². The highest BCUT2D eigenvalue weighted by Crippen LogP contribution is 2.26. The molecular formula is C15H19ClN2O3. The topological polar surface area (TPSA) is 50.8 Å². The van der Waals surface area contributed by atoms with Crippen molar-refractivity contribution in [1.82, 2.24) is 10.2 Å². The van der Waals surface area contributed by atoms with Gasteiger partial charge in [0, 0.05) is 23.7 Å². The first-order chi connectivity index (χ1) is 10.2. The molecule has 0 radical (unpaired) electrons. The number of carbonyl (C=O) groups is 1. The number of urea groups is 1. The summed E-state index contributed by atoms with van der Waals surface area (Å²) < 4.78 is 11.2. The fourth-order valence-corrected chi connectivity index (χ4v) is 2.85. The highest BCUT2D eigenvalue weighted by molar-refractivity contribution is 6.30. The Morgan fingerprint density at radius 2 is 2.33 bits per heavy atom. The molecule has 114 valence electrons. The molecule has 1 aromatic rings. The number of halogens is 1. The molecule has 1 fully saturated rings. The molecule has 0 unspecified atom stereocenters. The second kappa shape index (κ2) is 6.54. The van der Waals surface area contributed by atoms with Gasteiger partial charge in [0.2, 0.25) is 0 Å². The van der Waals surface area contributed by atoms with Crippen molar-refractivity contribution in [3.63, 3.8) is 0 Å². The van der Waals surface area contributed by atoms with Crippen molar-refractivity contribution in [3.05, 3.63) is 28.8 Å². The van der Waals surface area contributed by atoms with Crippen LogP contribution in [0.1, 0.15) is 18.4 Å². The lowest BCUT2D eigenvalue weighted by Gasteiger charge is -2.21. The Labute approximate surface area is 129 Å². The first kappa shape index (κ1) is 14.5. The molecule has 6 heteroatoms. The summed E-state index contributed by atoms with van der Waals surface area (Å²) in [6, 6.07) is 5.42. The molecule has 21 heavy (non-hydrogen) atoms. The molecule has 2 amide bonds. The Morgan fingerprint density at radius 3 is 3.14 bits per heavy atom. The minimum Gasteiger partial charge on any atom is -0.491 e. The molecule has 1 aromatic carbocycles. The van der Waals surface area contributed by atoms with Gasteiger partial charge in [0.15, 0.2) is 0 Å². The van der Waals surface area contributed by atoms with Crippen LogP contribution >= 0.6 is 11.6 Å². The predicted octanol–water partition coefficient (Wildman–Crippen LogP) is 2.42. The molecule has 1 N–H and O–H groups in total. The zero-order valence-corrected chi connectivity index (χ0v) is 12.6. The maximum atomic E-state index is 12.3. The summed E-state index contributed by atoms with van der Waals surface area (Å²) in [7, 11) is 0. The van der Waals surface area contributed by atoms with Crippen LogP contribution in [0.25, 0.3) is 0 Å². The van der Waals surface area contributed by atoms with Gasteiger partial charge in [-0.1, -0.05) is 11.6 Å². The first-order valence-electron chi connectivity index (χ1n) is 7.28. The monoisotopic (exact) mass is 310 g/mol. The van der Waals surface area contributed by atoms with Gasteiger partial charge in [0.25, 0.3) is 0 Å². The molecule has 0 saturated carbocycles. The SMILES string of the molecule is O=C(NC[C@H]1CCCO1)N1CCOc2ccc(Cl)cc2C1. The van der Waals surface area contributed by atoms with E-state index in [4.69, 9.17) is 21.1 Å². The van der Waals surface area contributed by atoms with Gasteiger partial charge in [0.1, 0.15) is 12.4 Å². The summed E-state index contributed by atoms with van der Waals surface area (Å²) in [5, 5.41) is 3.59. The molecule has 0 spiro atoms. The van der Waals surface area contributed by atoms with E-state index in [1.54, 1.807) is 11.0 Å². The number of rotatable bonds is 2. The highest BCUT2D eigenvalue weighted by atomic mass is 35.5. The van der Waals surface area contributed by atoms with Crippen molar-refractivity contribution in [2.24, 2.45) is 0 Å². The van der Waals surface area contributed by atoms with E-state index >= 15 is 0 Å². The standard InChI is InChI=1S/C15H19ClN2O3/c16-12-3-4-14-11(8-12)10-18(5-7-21-14)15(19)17-9-13-2-1-6-20-13/h3-4,8,13H,1-2,5-7,9-10H2,(H,17,19)/t13-/m1/s1. The number of fused-ring (bicyclic) bond motifs is 1. The summed E-state index contributed by atoms with van der Waals surface area (Å²) >= 11 is 6.01. The van der Waals surface area contributed by atoms with Crippen LogP contribution in [0.4, 0.5) is 4.79 Å². The lowest BCUT2D eigenvalue weighted by molar-refractivity contribution is 0.108. The van der Waals surface area contributed by atoms with Gasteiger partial charge in [-0.3, -0.25) is 0 Å². The quantitative estimate of drug-likeness (QED) is 0.912. The van der Waals surface area contributed by atoms with Crippen molar-refractivity contribution < 1.29 is 14.3 Å². The van der Waals surface area contributed by atoms with Crippen LogP contribution in [0.2, 0.25) is 5.02 Å². The van der Waals surface area contributed by atoms with Crippen LogP contribution in [0.5, 0.6) is 5.75 Å². The third-order valence-electron chi connectivity index (χ3n) is 3.79. The van der Waals surface area contributed by atoms with E-state index < -0.39 is 0 Å². The molecule has 2 aliphatic heterocycles. The van der Waals surface area contributed by atoms with Gasteiger partial charge in [0.05, 0.1) is 19.2 Å². The van der Waals surface area contributed by atoms with Crippen LogP contribution in [-0.4, -0.2) is 43.3 Å². The number of hydrogen-bond acceptors (Lipinski definition) is 3. The minimum atomic E-state index is -0.0816. The maximum Gasteiger partial charge on any atom is 0.317 e. The highest BCUT2D eigenvalue weighted by Gasteiger charge is 2.22. The Kier molecular flexibility index (Phi) is 4.51. The van der Waals surface area contributed by atoms with Crippen molar-refractivity contribution in [1.29, 1.82) is 0 Å². The van der Waals surface area contributed by atoms with E-state index in [0.717, 1.165) is 30.8 Å². The van der Waals surface area contributed by atoms with Crippen molar-refractivity contribution in [3.8, 4) is 5.75 Å². The van der Waals surface area contributed by atoms with Gasteiger partial charge in [-0.2, -0.15) is 0 Å². The van der Waals surface area contributed by atoms with E-state index in [9.17, 15) is 4.79 Å². The van der Waals surface area contributed by atoms with E-state index in [0.29, 0.717) is 31.3 Å². The fourth-order valence-electron chi connectivity index (χ4n) is 2.65. The maximum absolute atomic E-state index is 12.3. The second-order valence-electron chi connectivity index (χ2n) is 5.34. The fraction of sp³-hybridized carbons (Fsp3) is 0.533. The molecule has 1 saturated heterocycles. The summed E-state index contributed by atoms with van der Waals surface area (Å²) in [5.41, 5.74) is 0.937. The molecule has 0 aromatic heterocycles. The predicted molar refractivity (Wildman–Crippen MR) is 79.7 cm³/mol. The van der Waals surface area contributed by atoms with E-state index in [1.165, 1.54) is 0 Å². The van der Waals surface area contributed by atoms with Gasteiger partial charge >= 0.3 is 6.03 Å². The second-order valence-corrected chi connectivity index (χ2v) is 5.78. The van der Waals surface area contributed by atoms with Crippen LogP contribution in [0, 0.1) is 0 Å². The number of amides is 2. The summed E-state index contributed by atoms with van der Waals surface area (Å²) in [4.78, 5) is 14.0. The van der Waals surface area contributed by atoms with Crippen molar-refractivity contribution in [2.45, 2.75) is 25.5 Å². The summed E-state index contributed by atoms with van der Waals surface area (Å²) in [6.07, 6.45) is 2.24. The normalized spacial score (nSPS) is 21.4. The number of nitrogens with one attached hydrogen (secondary N) is 1. The Hall–Kier alpha value is -1.46. The third kappa shape index (κ3) is 3.60. The molecule has 1 atom stereocenters. The van der Waals surface area contributed by atoms with Gasteiger partial charge in [-0.05, 0) is 31.0 Å². The molecule has 5 nitrogen and oxygen atoms in total. The Bertz CT molecular complexity index is 518. The Balaban J connectivity index is 1.61. The van der Waals surface area contributed by atoms with Crippen LogP contribution in [0.3, 0.4) is 0 Å². The molecular weight excluding hydrogens is 292 g/mol. The molecule has 2 aliphatic rings. The zero-order chi connectivity index (χ0) is 14.7. The van der Waals surface area contributed by atoms with Crippen LogP contribution in [0.15, 0.2) is 18.2 Å². The van der Waals surface area contributed by atoms with E-state index in [1.807, 2.05) is 12.1 Å². The average Bonchev–Trinajstić information content (AvgIpc) is 2.90. The number of carbonyl (C=O) groups excluding carboxylic acids is 1. The smallest absolute Gasteiger partial charge is 0.317 e. The summed E-state index contributed by atoms with van der Waals surface area (Å²) in [6.45, 7) is 2.92. The van der Waals surface area contributed by atoms with Gasteiger partial charge < -0.3 is 19.7 Å².